The maximum Gasteiger partial charge on any atom is 0.263 e. The summed E-state index contributed by atoms with van der Waals surface area (Å²) < 4.78 is 3.27. The van der Waals surface area contributed by atoms with Gasteiger partial charge in [0, 0.05) is 12.4 Å². The highest BCUT2D eigenvalue weighted by Crippen LogP contribution is 2.08. The summed E-state index contributed by atoms with van der Waals surface area (Å²) in [6, 6.07) is 1.66. The van der Waals surface area contributed by atoms with Crippen molar-refractivity contribution in [1.82, 2.24) is 29.3 Å². The molecule has 0 saturated carbocycles. The summed E-state index contributed by atoms with van der Waals surface area (Å²) in [7, 11) is 0. The molecule has 3 rings (SSSR count). The third-order valence-corrected chi connectivity index (χ3v) is 2.98. The summed E-state index contributed by atoms with van der Waals surface area (Å²) >= 11 is 0. The zero-order valence-electron chi connectivity index (χ0n) is 10.3. The molecule has 0 aromatic carbocycles. The van der Waals surface area contributed by atoms with Gasteiger partial charge in [-0.25, -0.2) is 9.97 Å². The minimum atomic E-state index is -0.0919. The van der Waals surface area contributed by atoms with Gasteiger partial charge in [-0.05, 0) is 13.0 Å². The second kappa shape index (κ2) is 4.60. The first-order valence-electron chi connectivity index (χ1n) is 5.89. The second-order valence-corrected chi connectivity index (χ2v) is 4.32. The van der Waals surface area contributed by atoms with Gasteiger partial charge in [0.25, 0.3) is 5.56 Å². The maximum absolute atomic E-state index is 12.3. The van der Waals surface area contributed by atoms with Crippen LogP contribution in [0.5, 0.6) is 0 Å². The predicted octanol–water partition coefficient (Wildman–Crippen LogP) is 0.644. The lowest BCUT2D eigenvalue weighted by Crippen LogP contribution is -2.26. The zero-order valence-corrected chi connectivity index (χ0v) is 10.3. The van der Waals surface area contributed by atoms with Gasteiger partial charge in [-0.3, -0.25) is 19.0 Å². The summed E-state index contributed by atoms with van der Waals surface area (Å²) in [4.78, 5) is 24.5. The number of hydrogen-bond donors (Lipinski definition) is 0. The fraction of sp³-hybridized carbons (Fsp3) is 0.250. The van der Waals surface area contributed by atoms with Crippen LogP contribution in [0.2, 0.25) is 0 Å². The van der Waals surface area contributed by atoms with E-state index in [-0.39, 0.29) is 11.6 Å². The van der Waals surface area contributed by atoms with E-state index in [2.05, 4.69) is 20.1 Å². The van der Waals surface area contributed by atoms with E-state index in [1.54, 1.807) is 40.4 Å². The Labute approximate surface area is 108 Å². The molecule has 0 aliphatic rings. The van der Waals surface area contributed by atoms with Crippen molar-refractivity contribution >= 4 is 10.9 Å². The van der Waals surface area contributed by atoms with Crippen molar-refractivity contribution in [3.05, 3.63) is 47.8 Å². The lowest BCUT2D eigenvalue weighted by molar-refractivity contribution is 0.425. The first kappa shape index (κ1) is 11.5. The zero-order chi connectivity index (χ0) is 13.2. The Kier molecular flexibility index (Phi) is 2.79. The van der Waals surface area contributed by atoms with Crippen LogP contribution in [-0.4, -0.2) is 29.3 Å². The molecular formula is C12H12N6O. The van der Waals surface area contributed by atoms with Gasteiger partial charge >= 0.3 is 0 Å². The van der Waals surface area contributed by atoms with E-state index in [1.165, 1.54) is 6.33 Å². The maximum atomic E-state index is 12.3. The standard InChI is InChI=1S/C12H12N6O/c1-9(5-17-7-14-6-16-17)18-8-15-11-2-3-13-4-10(11)12(18)19/h2-4,6-9H,5H2,1H3. The molecule has 3 heterocycles. The Morgan fingerprint density at radius 2 is 2.21 bits per heavy atom. The van der Waals surface area contributed by atoms with Crippen molar-refractivity contribution in [2.24, 2.45) is 0 Å². The van der Waals surface area contributed by atoms with Gasteiger partial charge < -0.3 is 0 Å². The molecule has 19 heavy (non-hydrogen) atoms. The molecule has 3 aromatic heterocycles. The number of pyridine rings is 1. The normalized spacial score (nSPS) is 12.7. The third kappa shape index (κ3) is 2.10. The van der Waals surface area contributed by atoms with E-state index in [4.69, 9.17) is 0 Å². The number of fused-ring (bicyclic) bond motifs is 1. The lowest BCUT2D eigenvalue weighted by Gasteiger charge is -2.14. The van der Waals surface area contributed by atoms with Gasteiger partial charge in [0.2, 0.25) is 0 Å². The Bertz CT molecular complexity index is 748. The molecule has 0 saturated heterocycles. The minimum Gasteiger partial charge on any atom is -0.294 e. The van der Waals surface area contributed by atoms with E-state index in [9.17, 15) is 4.79 Å². The number of hydrogen-bond acceptors (Lipinski definition) is 5. The molecule has 0 amide bonds. The van der Waals surface area contributed by atoms with Crippen LogP contribution in [0.25, 0.3) is 10.9 Å². The average molecular weight is 256 g/mol. The summed E-state index contributed by atoms with van der Waals surface area (Å²) in [5.74, 6) is 0. The van der Waals surface area contributed by atoms with Crippen LogP contribution in [0.3, 0.4) is 0 Å². The molecule has 0 fully saturated rings. The van der Waals surface area contributed by atoms with Crippen LogP contribution in [0, 0.1) is 0 Å². The molecule has 0 aliphatic heterocycles. The number of rotatable bonds is 3. The molecule has 1 atom stereocenters. The molecule has 7 nitrogen and oxygen atoms in total. The van der Waals surface area contributed by atoms with Crippen LogP contribution in [0.1, 0.15) is 13.0 Å². The SMILES string of the molecule is CC(Cn1cncn1)n1cnc2ccncc2c1=O. The Morgan fingerprint density at radius 1 is 1.32 bits per heavy atom. The smallest absolute Gasteiger partial charge is 0.263 e. The van der Waals surface area contributed by atoms with Crippen molar-refractivity contribution < 1.29 is 0 Å². The highest BCUT2D eigenvalue weighted by molar-refractivity contribution is 5.75. The molecule has 3 aromatic rings. The Hall–Kier alpha value is -2.57. The van der Waals surface area contributed by atoms with Gasteiger partial charge in [-0.15, -0.1) is 0 Å². The van der Waals surface area contributed by atoms with Crippen molar-refractivity contribution in [2.45, 2.75) is 19.5 Å². The Morgan fingerprint density at radius 3 is 3.00 bits per heavy atom. The highest BCUT2D eigenvalue weighted by Gasteiger charge is 2.10. The summed E-state index contributed by atoms with van der Waals surface area (Å²) in [6.45, 7) is 2.50. The van der Waals surface area contributed by atoms with Crippen LogP contribution < -0.4 is 5.56 Å². The van der Waals surface area contributed by atoms with E-state index >= 15 is 0 Å². The Balaban J connectivity index is 2.01. The molecule has 1 unspecified atom stereocenters. The molecule has 0 N–H and O–H groups in total. The van der Waals surface area contributed by atoms with E-state index in [1.807, 2.05) is 6.92 Å². The molecule has 0 aliphatic carbocycles. The molecule has 96 valence electrons. The highest BCUT2D eigenvalue weighted by atomic mass is 16.1. The first-order chi connectivity index (χ1) is 9.25. The van der Waals surface area contributed by atoms with Crippen molar-refractivity contribution in [3.63, 3.8) is 0 Å². The second-order valence-electron chi connectivity index (χ2n) is 4.32. The quantitative estimate of drug-likeness (QED) is 0.687. The number of aromatic nitrogens is 6. The lowest BCUT2D eigenvalue weighted by atomic mass is 10.3. The molecule has 7 heteroatoms. The molecule has 0 spiro atoms. The first-order valence-corrected chi connectivity index (χ1v) is 5.89. The van der Waals surface area contributed by atoms with E-state index < -0.39 is 0 Å². The topological polar surface area (TPSA) is 78.5 Å². The number of nitrogens with zero attached hydrogens (tertiary/aromatic N) is 6. The van der Waals surface area contributed by atoms with E-state index in [0.717, 1.165) is 0 Å². The van der Waals surface area contributed by atoms with Crippen LogP contribution in [0.15, 0.2) is 42.2 Å². The molecular weight excluding hydrogens is 244 g/mol. The van der Waals surface area contributed by atoms with Crippen molar-refractivity contribution in [2.75, 3.05) is 0 Å². The molecule has 0 bridgehead atoms. The van der Waals surface area contributed by atoms with E-state index in [0.29, 0.717) is 17.4 Å². The summed E-state index contributed by atoms with van der Waals surface area (Å²) in [6.07, 6.45) is 7.82. The van der Waals surface area contributed by atoms with Crippen molar-refractivity contribution in [1.29, 1.82) is 0 Å². The van der Waals surface area contributed by atoms with Crippen molar-refractivity contribution in [3.8, 4) is 0 Å². The fourth-order valence-electron chi connectivity index (χ4n) is 1.98. The van der Waals surface area contributed by atoms with Gasteiger partial charge in [0.15, 0.2) is 0 Å². The monoisotopic (exact) mass is 256 g/mol. The largest absolute Gasteiger partial charge is 0.294 e. The summed E-state index contributed by atoms with van der Waals surface area (Å²) in [5.41, 5.74) is 0.565. The minimum absolute atomic E-state index is 0.0636. The molecule has 0 radical (unpaired) electrons. The average Bonchev–Trinajstić information content (AvgIpc) is 2.92. The van der Waals surface area contributed by atoms with Gasteiger partial charge in [-0.2, -0.15) is 5.10 Å². The van der Waals surface area contributed by atoms with Gasteiger partial charge in [-0.1, -0.05) is 0 Å². The van der Waals surface area contributed by atoms with Crippen LogP contribution >= 0.6 is 0 Å². The van der Waals surface area contributed by atoms with Gasteiger partial charge in [0.05, 0.1) is 29.8 Å². The summed E-state index contributed by atoms with van der Waals surface area (Å²) in [5, 5.41) is 4.55. The van der Waals surface area contributed by atoms with Gasteiger partial charge in [0.1, 0.15) is 12.7 Å². The van der Waals surface area contributed by atoms with Crippen LogP contribution in [-0.2, 0) is 6.54 Å². The third-order valence-electron chi connectivity index (χ3n) is 2.98. The van der Waals surface area contributed by atoms with Crippen LogP contribution in [0.4, 0.5) is 0 Å². The fourth-order valence-corrected chi connectivity index (χ4v) is 1.98. The predicted molar refractivity (Wildman–Crippen MR) is 68.5 cm³/mol.